The number of carbonyl (C=O) groups is 1. The second kappa shape index (κ2) is 7.45. The highest BCUT2D eigenvalue weighted by molar-refractivity contribution is 7.08. The van der Waals surface area contributed by atoms with Crippen LogP contribution in [-0.2, 0) is 6.54 Å². The van der Waals surface area contributed by atoms with Gasteiger partial charge in [-0.1, -0.05) is 48.7 Å². The van der Waals surface area contributed by atoms with Crippen LogP contribution < -0.4 is 0 Å². The average Bonchev–Trinajstić information content (AvgIpc) is 2.98. The molecule has 3 saturated heterocycles. The molecule has 1 aromatic carbocycles. The van der Waals surface area contributed by atoms with Crippen LogP contribution in [0.1, 0.15) is 53.5 Å². The molecule has 0 aliphatic carbocycles. The monoisotopic (exact) mass is 370 g/mol. The fourth-order valence-corrected chi connectivity index (χ4v) is 5.03. The van der Waals surface area contributed by atoms with Crippen LogP contribution in [0.3, 0.4) is 0 Å². The smallest absolute Gasteiger partial charge is 0.267 e. The first kappa shape index (κ1) is 17.6. The lowest BCUT2D eigenvalue weighted by atomic mass is 9.94. The summed E-state index contributed by atoms with van der Waals surface area (Å²) in [5, 5.41) is 4.20. The summed E-state index contributed by atoms with van der Waals surface area (Å²) in [6.45, 7) is 8.01. The summed E-state index contributed by atoms with van der Waals surface area (Å²) >= 11 is 1.25. The van der Waals surface area contributed by atoms with Gasteiger partial charge in [0.1, 0.15) is 4.88 Å². The van der Waals surface area contributed by atoms with Gasteiger partial charge in [0.25, 0.3) is 5.91 Å². The fraction of sp³-hybridized carbons (Fsp3) is 0.550. The van der Waals surface area contributed by atoms with E-state index < -0.39 is 0 Å². The first-order valence-corrected chi connectivity index (χ1v) is 10.3. The third kappa shape index (κ3) is 3.53. The quantitative estimate of drug-likeness (QED) is 0.828. The Morgan fingerprint density at radius 2 is 2.00 bits per heavy atom. The number of amides is 1. The van der Waals surface area contributed by atoms with Crippen LogP contribution in [0.15, 0.2) is 30.3 Å². The zero-order valence-corrected chi connectivity index (χ0v) is 16.3. The molecular weight excluding hydrogens is 344 g/mol. The van der Waals surface area contributed by atoms with Crippen LogP contribution in [0.4, 0.5) is 0 Å². The number of carbonyl (C=O) groups excluding carboxylic acids is 1. The van der Waals surface area contributed by atoms with Crippen molar-refractivity contribution in [3.05, 3.63) is 46.5 Å². The summed E-state index contributed by atoms with van der Waals surface area (Å²) in [6.07, 6.45) is 2.32. The van der Waals surface area contributed by atoms with Crippen LogP contribution in [0.5, 0.6) is 0 Å². The number of piperidine rings is 1. The molecule has 1 aromatic heterocycles. The van der Waals surface area contributed by atoms with Crippen LogP contribution >= 0.6 is 11.5 Å². The Labute approximate surface area is 159 Å². The van der Waals surface area contributed by atoms with Crippen molar-refractivity contribution in [2.45, 2.75) is 45.2 Å². The van der Waals surface area contributed by atoms with E-state index in [4.69, 9.17) is 0 Å². The van der Waals surface area contributed by atoms with Gasteiger partial charge in [-0.15, -0.1) is 5.10 Å². The van der Waals surface area contributed by atoms with E-state index in [1.807, 2.05) is 0 Å². The second-order valence-electron chi connectivity index (χ2n) is 7.88. The summed E-state index contributed by atoms with van der Waals surface area (Å²) < 4.78 is 4.05. The van der Waals surface area contributed by atoms with E-state index in [9.17, 15) is 4.79 Å². The first-order chi connectivity index (χ1) is 12.6. The molecule has 0 unspecified atom stereocenters. The van der Waals surface area contributed by atoms with Crippen LogP contribution in [0.25, 0.3) is 0 Å². The Kier molecular flexibility index (Phi) is 5.05. The lowest BCUT2D eigenvalue weighted by molar-refractivity contribution is 0.0588. The number of rotatable bonds is 4. The number of fused-ring (bicyclic) bond motifs is 4. The zero-order valence-electron chi connectivity index (χ0n) is 15.5. The maximum Gasteiger partial charge on any atom is 0.267 e. The molecule has 2 aromatic rings. The van der Waals surface area contributed by atoms with Gasteiger partial charge in [0.2, 0.25) is 0 Å². The highest BCUT2D eigenvalue weighted by Gasteiger charge is 2.38. The summed E-state index contributed by atoms with van der Waals surface area (Å²) in [5.74, 6) is 0.927. The lowest BCUT2D eigenvalue weighted by Gasteiger charge is -2.36. The molecule has 2 atom stereocenters. The fourth-order valence-electron chi connectivity index (χ4n) is 4.25. The van der Waals surface area contributed by atoms with E-state index in [1.54, 1.807) is 0 Å². The Morgan fingerprint density at radius 1 is 1.19 bits per heavy atom. The molecule has 0 radical (unpaired) electrons. The van der Waals surface area contributed by atoms with E-state index >= 15 is 0 Å². The van der Waals surface area contributed by atoms with Gasteiger partial charge in [-0.2, -0.15) is 0 Å². The van der Waals surface area contributed by atoms with Crippen LogP contribution in [0.2, 0.25) is 0 Å². The summed E-state index contributed by atoms with van der Waals surface area (Å²) in [6, 6.07) is 10.9. The first-order valence-electron chi connectivity index (χ1n) is 9.51. The molecule has 5 nitrogen and oxygen atoms in total. The van der Waals surface area contributed by atoms with Gasteiger partial charge in [-0.3, -0.25) is 9.69 Å². The molecule has 3 aliphatic heterocycles. The molecule has 3 aliphatic rings. The standard InChI is InChI=1S/C20H26N4OS/c1-14(2)18-19(26-22-21-18)20(25)24-12-16-8-9-17(24)13-23(11-16)10-15-6-4-3-5-7-15/h3-7,14,16-17H,8-13H2,1-2H3/t16-,17+/m1/s1. The molecule has 0 spiro atoms. The number of hydrogen-bond donors (Lipinski definition) is 0. The van der Waals surface area contributed by atoms with Gasteiger partial charge in [-0.05, 0) is 41.8 Å². The van der Waals surface area contributed by atoms with E-state index in [1.165, 1.54) is 23.5 Å². The Bertz CT molecular complexity index is 760. The molecule has 26 heavy (non-hydrogen) atoms. The Morgan fingerprint density at radius 3 is 2.77 bits per heavy atom. The van der Waals surface area contributed by atoms with Crippen LogP contribution in [-0.4, -0.2) is 51.0 Å². The van der Waals surface area contributed by atoms with Gasteiger partial charge in [0.15, 0.2) is 0 Å². The molecule has 0 N–H and O–H groups in total. The Balaban J connectivity index is 1.51. The molecule has 1 amide bonds. The van der Waals surface area contributed by atoms with E-state index in [0.717, 1.165) is 43.2 Å². The normalized spacial score (nSPS) is 23.4. The molecule has 4 heterocycles. The maximum absolute atomic E-state index is 13.2. The van der Waals surface area contributed by atoms with Crippen molar-refractivity contribution in [3.8, 4) is 0 Å². The van der Waals surface area contributed by atoms with Gasteiger partial charge in [0, 0.05) is 32.2 Å². The molecule has 138 valence electrons. The third-order valence-electron chi connectivity index (χ3n) is 5.55. The van der Waals surface area contributed by atoms with Crippen LogP contribution in [0, 0.1) is 5.92 Å². The number of nitrogens with zero attached hydrogens (tertiary/aromatic N) is 4. The van der Waals surface area contributed by atoms with Crippen molar-refractivity contribution in [2.75, 3.05) is 19.6 Å². The van der Waals surface area contributed by atoms with Crippen molar-refractivity contribution >= 4 is 17.4 Å². The zero-order chi connectivity index (χ0) is 18.1. The predicted molar refractivity (Wildman–Crippen MR) is 103 cm³/mol. The van der Waals surface area contributed by atoms with E-state index in [-0.39, 0.29) is 11.8 Å². The van der Waals surface area contributed by atoms with Gasteiger partial charge < -0.3 is 4.90 Å². The molecule has 5 rings (SSSR count). The minimum Gasteiger partial charge on any atom is -0.333 e. The Hall–Kier alpha value is -1.79. The highest BCUT2D eigenvalue weighted by atomic mass is 32.1. The SMILES string of the molecule is CC(C)c1nnsc1C(=O)N1C[C@@H]2CC[C@H]1CN(Cc1ccccc1)C2. The molecule has 2 bridgehead atoms. The topological polar surface area (TPSA) is 49.3 Å². The predicted octanol–water partition coefficient (Wildman–Crippen LogP) is 3.40. The van der Waals surface area contributed by atoms with Crippen molar-refractivity contribution in [3.63, 3.8) is 0 Å². The maximum atomic E-state index is 13.2. The van der Waals surface area contributed by atoms with Gasteiger partial charge in [-0.25, -0.2) is 0 Å². The molecule has 3 fully saturated rings. The lowest BCUT2D eigenvalue weighted by Crippen LogP contribution is -2.47. The summed E-state index contributed by atoms with van der Waals surface area (Å²) in [7, 11) is 0. The molecule has 0 saturated carbocycles. The minimum atomic E-state index is 0.139. The summed E-state index contributed by atoms with van der Waals surface area (Å²) in [4.78, 5) is 18.6. The average molecular weight is 371 g/mol. The van der Waals surface area contributed by atoms with Gasteiger partial charge in [0.05, 0.1) is 5.69 Å². The summed E-state index contributed by atoms with van der Waals surface area (Å²) in [5.41, 5.74) is 2.20. The molecular formula is C20H26N4OS. The van der Waals surface area contributed by atoms with Crippen molar-refractivity contribution in [1.82, 2.24) is 19.4 Å². The van der Waals surface area contributed by atoms with E-state index in [2.05, 4.69) is 63.6 Å². The third-order valence-corrected chi connectivity index (χ3v) is 6.28. The van der Waals surface area contributed by atoms with Crippen molar-refractivity contribution in [1.29, 1.82) is 0 Å². The minimum absolute atomic E-state index is 0.139. The highest BCUT2D eigenvalue weighted by Crippen LogP contribution is 2.31. The number of hydrogen-bond acceptors (Lipinski definition) is 5. The number of aromatic nitrogens is 2. The van der Waals surface area contributed by atoms with Gasteiger partial charge >= 0.3 is 0 Å². The largest absolute Gasteiger partial charge is 0.333 e. The van der Waals surface area contributed by atoms with E-state index in [0.29, 0.717) is 12.0 Å². The van der Waals surface area contributed by atoms with Crippen molar-refractivity contribution in [2.24, 2.45) is 5.92 Å². The van der Waals surface area contributed by atoms with Crippen molar-refractivity contribution < 1.29 is 4.79 Å². The molecule has 6 heteroatoms. The second-order valence-corrected chi connectivity index (χ2v) is 8.63. The number of benzene rings is 1.